The quantitative estimate of drug-likeness (QED) is 0.0539. The smallest absolute Gasteiger partial charge is 0.330 e. The average Bonchev–Trinajstić information content (AvgIpc) is 3.18. The number of ether oxygens (including phenoxy) is 15. The molecule has 0 saturated carbocycles. The molecule has 55 heavy (non-hydrogen) atoms. The lowest BCUT2D eigenvalue weighted by Crippen LogP contribution is -2.15. The Balaban J connectivity index is 0. The van der Waals surface area contributed by atoms with Crippen molar-refractivity contribution in [1.82, 2.24) is 0 Å². The van der Waals surface area contributed by atoms with E-state index < -0.39 is 5.97 Å². The Morgan fingerprint density at radius 1 is 0.309 bits per heavy atom. The molecule has 0 aliphatic rings. The summed E-state index contributed by atoms with van der Waals surface area (Å²) in [7, 11) is 0. The number of aliphatic hydroxyl groups excluding tert-OH is 2. The van der Waals surface area contributed by atoms with E-state index in [-0.39, 0.29) is 18.8 Å². The van der Waals surface area contributed by atoms with Crippen molar-refractivity contribution in [2.75, 3.05) is 211 Å². The van der Waals surface area contributed by atoms with Gasteiger partial charge in [0.2, 0.25) is 0 Å². The fraction of sp³-hybridized carbons (Fsp3) is 0.917. The van der Waals surface area contributed by atoms with Gasteiger partial charge in [-0.3, -0.25) is 0 Å². The summed E-state index contributed by atoms with van der Waals surface area (Å²) in [5, 5.41) is 25.1. The van der Waals surface area contributed by atoms with Crippen LogP contribution in [0.15, 0.2) is 12.2 Å². The normalized spacial score (nSPS) is 11.2. The molecular weight excluding hydrogens is 736 g/mol. The van der Waals surface area contributed by atoms with E-state index >= 15 is 0 Å². The summed E-state index contributed by atoms with van der Waals surface area (Å²) in [5.41, 5.74) is 0.176. The van der Waals surface area contributed by atoms with Gasteiger partial charge in [0.25, 0.3) is 0 Å². The second kappa shape index (κ2) is 52.5. The number of aliphatic carboxylic acids is 1. The maximum Gasteiger partial charge on any atom is 0.330 e. The molecule has 0 unspecified atom stereocenters. The predicted molar refractivity (Wildman–Crippen MR) is 199 cm³/mol. The van der Waals surface area contributed by atoms with Gasteiger partial charge in [-0.05, 0) is 6.92 Å². The van der Waals surface area contributed by atoms with Crippen LogP contribution in [0, 0.1) is 0 Å². The summed E-state index contributed by atoms with van der Waals surface area (Å²) in [6.07, 6.45) is 0. The first-order chi connectivity index (χ1) is 27.1. The van der Waals surface area contributed by atoms with Crippen LogP contribution in [0.3, 0.4) is 0 Å². The molecule has 0 atom stereocenters. The van der Waals surface area contributed by atoms with E-state index in [1.165, 1.54) is 6.92 Å². The van der Waals surface area contributed by atoms with Crippen molar-refractivity contribution in [3.8, 4) is 0 Å². The van der Waals surface area contributed by atoms with E-state index in [1.54, 1.807) is 0 Å². The van der Waals surface area contributed by atoms with Gasteiger partial charge < -0.3 is 86.4 Å². The number of carboxylic acids is 1. The fourth-order valence-electron chi connectivity index (χ4n) is 3.31. The Morgan fingerprint density at radius 3 is 0.473 bits per heavy atom. The molecule has 0 bridgehead atoms. The van der Waals surface area contributed by atoms with Gasteiger partial charge in [0.05, 0.1) is 211 Å². The molecule has 0 aliphatic carbocycles. The number of hydrogen-bond acceptors (Lipinski definition) is 18. The summed E-state index contributed by atoms with van der Waals surface area (Å²) in [4.78, 5) is 9.60. The van der Waals surface area contributed by atoms with Gasteiger partial charge in [-0.2, -0.15) is 0 Å². The summed E-state index contributed by atoms with van der Waals surface area (Å²) in [6, 6.07) is 0. The molecular formula is C36H72O19. The third-order valence-corrected chi connectivity index (χ3v) is 6.04. The van der Waals surface area contributed by atoms with Gasteiger partial charge >= 0.3 is 5.97 Å². The SMILES string of the molecule is C=C(C)C(=O)O.OCCOCCOCCOCCOCCOCCOCCOCCOCCOCCOCCOCCOCCOCCOCCOCCO. The Hall–Kier alpha value is -1.47. The third kappa shape index (κ3) is 56.9. The first-order valence-corrected chi connectivity index (χ1v) is 18.8. The maximum atomic E-state index is 9.60. The van der Waals surface area contributed by atoms with Crippen molar-refractivity contribution in [2.45, 2.75) is 6.92 Å². The molecule has 0 aliphatic heterocycles. The average molecular weight is 809 g/mol. The molecule has 0 aromatic rings. The molecule has 0 aromatic carbocycles. The summed E-state index contributed by atoms with van der Waals surface area (Å²) >= 11 is 0. The Kier molecular flexibility index (Phi) is 53.1. The number of carbonyl (C=O) groups is 1. The minimum absolute atomic E-state index is 0.0218. The molecule has 0 saturated heterocycles. The molecule has 3 N–H and O–H groups in total. The zero-order valence-electron chi connectivity index (χ0n) is 33.2. The van der Waals surface area contributed by atoms with Crippen molar-refractivity contribution in [2.24, 2.45) is 0 Å². The zero-order chi connectivity index (χ0) is 40.4. The summed E-state index contributed by atoms with van der Waals surface area (Å²) < 4.78 is 80.8. The molecule has 0 fully saturated rings. The molecule has 0 rings (SSSR count). The van der Waals surface area contributed by atoms with Crippen LogP contribution in [0.1, 0.15) is 6.92 Å². The van der Waals surface area contributed by atoms with Crippen LogP contribution in [-0.4, -0.2) is 233 Å². The minimum Gasteiger partial charge on any atom is -0.478 e. The Labute approximate surface area is 327 Å². The summed E-state index contributed by atoms with van der Waals surface area (Å²) in [6.45, 7) is 19.2. The molecule has 19 nitrogen and oxygen atoms in total. The van der Waals surface area contributed by atoms with E-state index in [0.29, 0.717) is 198 Å². The van der Waals surface area contributed by atoms with Gasteiger partial charge in [-0.1, -0.05) is 6.58 Å². The molecule has 0 aromatic heterocycles. The van der Waals surface area contributed by atoms with Crippen LogP contribution in [0.4, 0.5) is 0 Å². The molecule has 0 amide bonds. The van der Waals surface area contributed by atoms with E-state index in [9.17, 15) is 4.79 Å². The number of carboxylic acid groups (broad SMARTS) is 1. The highest BCUT2D eigenvalue weighted by Crippen LogP contribution is 1.88. The van der Waals surface area contributed by atoms with Crippen LogP contribution >= 0.6 is 0 Å². The van der Waals surface area contributed by atoms with Crippen molar-refractivity contribution in [3.05, 3.63) is 12.2 Å². The second-order valence-electron chi connectivity index (χ2n) is 10.7. The first kappa shape index (κ1) is 55.6. The molecule has 19 heteroatoms. The lowest BCUT2D eigenvalue weighted by molar-refractivity contribution is -0.132. The van der Waals surface area contributed by atoms with Gasteiger partial charge in [0.1, 0.15) is 0 Å². The molecule has 0 radical (unpaired) electrons. The van der Waals surface area contributed by atoms with Crippen molar-refractivity contribution in [1.29, 1.82) is 0 Å². The number of hydrogen-bond donors (Lipinski definition) is 3. The lowest BCUT2D eigenvalue weighted by Gasteiger charge is -2.09. The fourth-order valence-corrected chi connectivity index (χ4v) is 3.31. The van der Waals surface area contributed by atoms with Crippen LogP contribution in [0.5, 0.6) is 0 Å². The van der Waals surface area contributed by atoms with Crippen molar-refractivity contribution >= 4 is 5.97 Å². The van der Waals surface area contributed by atoms with Gasteiger partial charge in [-0.15, -0.1) is 0 Å². The molecule has 0 heterocycles. The van der Waals surface area contributed by atoms with Gasteiger partial charge in [-0.25, -0.2) is 4.79 Å². The molecule has 0 spiro atoms. The second-order valence-corrected chi connectivity index (χ2v) is 10.7. The van der Waals surface area contributed by atoms with E-state index in [1.807, 2.05) is 0 Å². The topological polar surface area (TPSA) is 216 Å². The van der Waals surface area contributed by atoms with Gasteiger partial charge in [0.15, 0.2) is 0 Å². The highest BCUT2D eigenvalue weighted by atomic mass is 16.6. The van der Waals surface area contributed by atoms with Crippen LogP contribution in [-0.2, 0) is 75.8 Å². The summed E-state index contributed by atoms with van der Waals surface area (Å²) in [5.74, 6) is -0.935. The highest BCUT2D eigenvalue weighted by Gasteiger charge is 1.97. The van der Waals surface area contributed by atoms with Crippen molar-refractivity contribution in [3.63, 3.8) is 0 Å². The highest BCUT2D eigenvalue weighted by molar-refractivity contribution is 5.84. The standard InChI is InChI=1S/C32H66O17.C4H6O2/c33-1-3-35-5-7-37-9-11-39-13-15-41-17-19-43-21-23-45-25-27-47-29-31-49-32-30-48-28-26-46-24-22-44-20-18-42-16-14-40-12-10-38-8-6-36-4-2-34;1-3(2)4(5)6/h33-34H,1-32H2;1H2,2H3,(H,5,6). The van der Waals surface area contributed by atoms with Crippen LogP contribution < -0.4 is 0 Å². The lowest BCUT2D eigenvalue weighted by atomic mass is 10.4. The monoisotopic (exact) mass is 808 g/mol. The van der Waals surface area contributed by atoms with Crippen LogP contribution in [0.2, 0.25) is 0 Å². The minimum atomic E-state index is -0.935. The zero-order valence-corrected chi connectivity index (χ0v) is 33.2. The van der Waals surface area contributed by atoms with Crippen LogP contribution in [0.25, 0.3) is 0 Å². The largest absolute Gasteiger partial charge is 0.478 e. The Bertz CT molecular complexity index is 679. The first-order valence-electron chi connectivity index (χ1n) is 18.8. The van der Waals surface area contributed by atoms with E-state index in [4.69, 9.17) is 86.4 Å². The predicted octanol–water partition coefficient (Wildman–Crippen LogP) is -0.133. The number of rotatable bonds is 47. The Morgan fingerprint density at radius 2 is 0.400 bits per heavy atom. The third-order valence-electron chi connectivity index (χ3n) is 6.04. The maximum absolute atomic E-state index is 9.60. The van der Waals surface area contributed by atoms with Crippen molar-refractivity contribution < 1.29 is 91.2 Å². The number of aliphatic hydroxyl groups is 2. The van der Waals surface area contributed by atoms with E-state index in [0.717, 1.165) is 0 Å². The van der Waals surface area contributed by atoms with Gasteiger partial charge in [0, 0.05) is 5.57 Å². The molecule has 330 valence electrons. The van der Waals surface area contributed by atoms with E-state index in [2.05, 4.69) is 6.58 Å².